The fraction of sp³-hybridized carbons (Fsp3) is 0.211. The second-order valence-corrected chi connectivity index (χ2v) is 6.71. The molecule has 0 aliphatic rings. The van der Waals surface area contributed by atoms with Crippen LogP contribution < -0.4 is 10.1 Å². The number of aliphatic hydroxyl groups excluding tert-OH is 1. The average molecular weight is 341 g/mol. The van der Waals surface area contributed by atoms with Crippen LogP contribution >= 0.6 is 11.3 Å². The molecule has 2 aromatic carbocycles. The van der Waals surface area contributed by atoms with Gasteiger partial charge in [-0.15, -0.1) is 11.3 Å². The predicted molar refractivity (Wildman–Crippen MR) is 96.7 cm³/mol. The molecule has 0 radical (unpaired) electrons. The van der Waals surface area contributed by atoms with Crippen molar-refractivity contribution >= 4 is 27.3 Å². The Morgan fingerprint density at radius 1 is 1.17 bits per heavy atom. The highest BCUT2D eigenvalue weighted by molar-refractivity contribution is 7.20. The minimum absolute atomic E-state index is 0.170. The molecule has 24 heavy (non-hydrogen) atoms. The molecule has 0 aliphatic carbocycles. The summed E-state index contributed by atoms with van der Waals surface area (Å²) in [7, 11) is 1.60. The highest BCUT2D eigenvalue weighted by Crippen LogP contribution is 2.26. The van der Waals surface area contributed by atoms with Gasteiger partial charge in [0.05, 0.1) is 24.1 Å². The van der Waals surface area contributed by atoms with E-state index in [1.165, 1.54) is 11.3 Å². The molecule has 0 saturated heterocycles. The smallest absolute Gasteiger partial charge is 0.261 e. The molecule has 2 N–H and O–H groups in total. The second-order valence-electron chi connectivity index (χ2n) is 5.63. The molecule has 0 fully saturated rings. The van der Waals surface area contributed by atoms with Gasteiger partial charge in [0.25, 0.3) is 5.91 Å². The highest BCUT2D eigenvalue weighted by Gasteiger charge is 2.20. The second kappa shape index (κ2) is 7.03. The molecule has 3 aromatic rings. The van der Waals surface area contributed by atoms with E-state index in [0.717, 1.165) is 21.4 Å². The van der Waals surface area contributed by atoms with E-state index in [-0.39, 0.29) is 5.91 Å². The third-order valence-electron chi connectivity index (χ3n) is 3.94. The monoisotopic (exact) mass is 341 g/mol. The van der Waals surface area contributed by atoms with Gasteiger partial charge in [-0.1, -0.05) is 30.3 Å². The summed E-state index contributed by atoms with van der Waals surface area (Å²) in [5.74, 6) is 0.559. The lowest BCUT2D eigenvalue weighted by Gasteiger charge is -2.20. The average Bonchev–Trinajstić information content (AvgIpc) is 3.05. The van der Waals surface area contributed by atoms with Crippen LogP contribution in [0.4, 0.5) is 0 Å². The van der Waals surface area contributed by atoms with Crippen molar-refractivity contribution in [3.63, 3.8) is 0 Å². The van der Waals surface area contributed by atoms with Crippen molar-refractivity contribution in [2.45, 2.75) is 19.1 Å². The third kappa shape index (κ3) is 3.42. The zero-order chi connectivity index (χ0) is 17.1. The SMILES string of the molecule is COc1ccc(C(O)C(C)NC(=O)c2cc3ccccc3s2)cc1. The number of carbonyl (C=O) groups is 1. The van der Waals surface area contributed by atoms with E-state index < -0.39 is 12.1 Å². The van der Waals surface area contributed by atoms with Gasteiger partial charge in [0, 0.05) is 4.70 Å². The first-order valence-electron chi connectivity index (χ1n) is 7.70. The van der Waals surface area contributed by atoms with E-state index in [2.05, 4.69) is 5.32 Å². The maximum absolute atomic E-state index is 12.4. The third-order valence-corrected chi connectivity index (χ3v) is 5.05. The summed E-state index contributed by atoms with van der Waals surface area (Å²) in [4.78, 5) is 13.1. The van der Waals surface area contributed by atoms with E-state index in [9.17, 15) is 9.90 Å². The van der Waals surface area contributed by atoms with Crippen LogP contribution in [-0.2, 0) is 0 Å². The highest BCUT2D eigenvalue weighted by atomic mass is 32.1. The molecule has 1 heterocycles. The Morgan fingerprint density at radius 3 is 2.54 bits per heavy atom. The van der Waals surface area contributed by atoms with Crippen LogP contribution in [0.25, 0.3) is 10.1 Å². The Kier molecular flexibility index (Phi) is 4.83. The number of hydrogen-bond acceptors (Lipinski definition) is 4. The summed E-state index contributed by atoms with van der Waals surface area (Å²) in [5.41, 5.74) is 0.736. The van der Waals surface area contributed by atoms with Gasteiger partial charge in [-0.2, -0.15) is 0 Å². The number of rotatable bonds is 5. The fourth-order valence-electron chi connectivity index (χ4n) is 2.54. The summed E-state index contributed by atoms with van der Waals surface area (Å²) in [6, 6.07) is 16.5. The molecular formula is C19H19NO3S. The van der Waals surface area contributed by atoms with Gasteiger partial charge >= 0.3 is 0 Å². The van der Waals surface area contributed by atoms with Crippen LogP contribution in [0.1, 0.15) is 28.3 Å². The van der Waals surface area contributed by atoms with E-state index in [1.54, 1.807) is 38.3 Å². The molecule has 5 heteroatoms. The van der Waals surface area contributed by atoms with Crippen molar-refractivity contribution in [1.29, 1.82) is 0 Å². The first-order chi connectivity index (χ1) is 11.6. The maximum Gasteiger partial charge on any atom is 0.261 e. The Balaban J connectivity index is 1.70. The minimum atomic E-state index is -0.783. The van der Waals surface area contributed by atoms with Gasteiger partial charge in [-0.25, -0.2) is 0 Å². The summed E-state index contributed by atoms with van der Waals surface area (Å²) in [5, 5.41) is 14.4. The van der Waals surface area contributed by atoms with Gasteiger partial charge in [-0.3, -0.25) is 4.79 Å². The van der Waals surface area contributed by atoms with Crippen molar-refractivity contribution in [2.75, 3.05) is 7.11 Å². The molecule has 0 bridgehead atoms. The molecule has 0 saturated carbocycles. The number of hydrogen-bond donors (Lipinski definition) is 2. The van der Waals surface area contributed by atoms with E-state index in [4.69, 9.17) is 4.74 Å². The summed E-state index contributed by atoms with van der Waals surface area (Å²) in [6.45, 7) is 1.79. The summed E-state index contributed by atoms with van der Waals surface area (Å²) < 4.78 is 6.19. The Bertz CT molecular complexity index is 808. The van der Waals surface area contributed by atoms with Gasteiger partial charge in [-0.05, 0) is 42.1 Å². The quantitative estimate of drug-likeness (QED) is 0.743. The first-order valence-corrected chi connectivity index (χ1v) is 8.51. The van der Waals surface area contributed by atoms with Gasteiger partial charge < -0.3 is 15.2 Å². The zero-order valence-electron chi connectivity index (χ0n) is 13.5. The predicted octanol–water partition coefficient (Wildman–Crippen LogP) is 3.76. The van der Waals surface area contributed by atoms with Crippen LogP contribution in [0.3, 0.4) is 0 Å². The topological polar surface area (TPSA) is 58.6 Å². The standard InChI is InChI=1S/C19H19NO3S/c1-12(18(21)13-7-9-15(23-2)10-8-13)20-19(22)17-11-14-5-3-4-6-16(14)24-17/h3-12,18,21H,1-2H3,(H,20,22). The molecule has 124 valence electrons. The minimum Gasteiger partial charge on any atom is -0.497 e. The molecule has 3 rings (SSSR count). The molecular weight excluding hydrogens is 322 g/mol. The summed E-state index contributed by atoms with van der Waals surface area (Å²) in [6.07, 6.45) is -0.783. The number of aliphatic hydroxyl groups is 1. The lowest BCUT2D eigenvalue weighted by molar-refractivity contribution is 0.0856. The summed E-state index contributed by atoms with van der Waals surface area (Å²) >= 11 is 1.45. The van der Waals surface area contributed by atoms with Crippen LogP contribution in [-0.4, -0.2) is 24.2 Å². The molecule has 1 amide bonds. The van der Waals surface area contributed by atoms with Crippen molar-refractivity contribution < 1.29 is 14.6 Å². The van der Waals surface area contributed by atoms with Crippen LogP contribution in [0.2, 0.25) is 0 Å². The lowest BCUT2D eigenvalue weighted by Crippen LogP contribution is -2.36. The number of amides is 1. The molecule has 1 aromatic heterocycles. The van der Waals surface area contributed by atoms with Crippen molar-refractivity contribution in [3.8, 4) is 5.75 Å². The van der Waals surface area contributed by atoms with Gasteiger partial charge in [0.15, 0.2) is 0 Å². The van der Waals surface area contributed by atoms with Crippen LogP contribution in [0.15, 0.2) is 54.6 Å². The molecule has 4 nitrogen and oxygen atoms in total. The number of ether oxygens (including phenoxy) is 1. The van der Waals surface area contributed by atoms with Crippen molar-refractivity contribution in [1.82, 2.24) is 5.32 Å². The van der Waals surface area contributed by atoms with E-state index >= 15 is 0 Å². The lowest BCUT2D eigenvalue weighted by atomic mass is 10.0. The Hall–Kier alpha value is -2.37. The first kappa shape index (κ1) is 16.5. The number of methoxy groups -OCH3 is 1. The maximum atomic E-state index is 12.4. The number of thiophene rings is 1. The fourth-order valence-corrected chi connectivity index (χ4v) is 3.51. The van der Waals surface area contributed by atoms with E-state index in [1.807, 2.05) is 30.3 Å². The number of fused-ring (bicyclic) bond motifs is 1. The Morgan fingerprint density at radius 2 is 1.88 bits per heavy atom. The largest absolute Gasteiger partial charge is 0.497 e. The molecule has 0 aliphatic heterocycles. The normalized spacial score (nSPS) is 13.5. The van der Waals surface area contributed by atoms with Gasteiger partial charge in [0.2, 0.25) is 0 Å². The van der Waals surface area contributed by atoms with Crippen molar-refractivity contribution in [2.24, 2.45) is 0 Å². The van der Waals surface area contributed by atoms with Crippen LogP contribution in [0.5, 0.6) is 5.75 Å². The Labute approximate surface area is 144 Å². The zero-order valence-corrected chi connectivity index (χ0v) is 14.3. The number of nitrogens with one attached hydrogen (secondary N) is 1. The molecule has 2 unspecified atom stereocenters. The van der Waals surface area contributed by atoms with E-state index in [0.29, 0.717) is 4.88 Å². The van der Waals surface area contributed by atoms with Gasteiger partial charge in [0.1, 0.15) is 5.75 Å². The van der Waals surface area contributed by atoms with Crippen LogP contribution in [0, 0.1) is 0 Å². The number of benzene rings is 2. The van der Waals surface area contributed by atoms with Crippen molar-refractivity contribution in [3.05, 3.63) is 65.0 Å². The number of carbonyl (C=O) groups excluding carboxylic acids is 1. The molecule has 2 atom stereocenters. The molecule has 0 spiro atoms.